The number of unbranched alkanes of at least 4 members (excludes halogenated alkanes) is 1. The highest BCUT2D eigenvalue weighted by Crippen LogP contribution is 2.34. The maximum absolute atomic E-state index is 5.69. The van der Waals surface area contributed by atoms with Crippen LogP contribution in [0.25, 0.3) is 22.2 Å². The van der Waals surface area contributed by atoms with Crippen LogP contribution in [0.1, 0.15) is 35.1 Å². The summed E-state index contributed by atoms with van der Waals surface area (Å²) in [5, 5.41) is 1.39. The van der Waals surface area contributed by atoms with E-state index in [0.717, 1.165) is 25.8 Å². The van der Waals surface area contributed by atoms with Crippen LogP contribution < -0.4 is 5.73 Å². The smallest absolute Gasteiger partial charge is 0.0497 e. The fourth-order valence-corrected chi connectivity index (χ4v) is 3.46. The lowest BCUT2D eigenvalue weighted by atomic mass is 9.97. The zero-order chi connectivity index (χ0) is 16.4. The fourth-order valence-electron chi connectivity index (χ4n) is 3.46. The van der Waals surface area contributed by atoms with E-state index in [4.69, 9.17) is 5.73 Å². The van der Waals surface area contributed by atoms with Gasteiger partial charge in [-0.1, -0.05) is 35.9 Å². The van der Waals surface area contributed by atoms with Crippen LogP contribution in [0, 0.1) is 20.8 Å². The van der Waals surface area contributed by atoms with Crippen molar-refractivity contribution < 1.29 is 0 Å². The Bertz CT molecular complexity index is 810. The van der Waals surface area contributed by atoms with E-state index in [0.29, 0.717) is 0 Å². The number of fused-ring (bicyclic) bond motifs is 1. The second kappa shape index (κ2) is 6.59. The first-order valence-corrected chi connectivity index (χ1v) is 8.49. The average Bonchev–Trinajstić information content (AvgIpc) is 2.87. The number of aromatic nitrogens is 1. The summed E-state index contributed by atoms with van der Waals surface area (Å²) in [6.07, 6.45) is 3.28. The molecule has 1 aromatic heterocycles. The van der Waals surface area contributed by atoms with E-state index in [1.54, 1.807) is 0 Å². The number of H-pyrrole nitrogens is 1. The van der Waals surface area contributed by atoms with Gasteiger partial charge in [-0.05, 0) is 74.9 Å². The summed E-state index contributed by atoms with van der Waals surface area (Å²) in [5.74, 6) is 0. The van der Waals surface area contributed by atoms with E-state index < -0.39 is 0 Å². The molecule has 0 spiro atoms. The van der Waals surface area contributed by atoms with Gasteiger partial charge >= 0.3 is 0 Å². The van der Waals surface area contributed by atoms with Gasteiger partial charge in [-0.2, -0.15) is 0 Å². The highest BCUT2D eigenvalue weighted by Gasteiger charge is 2.15. The van der Waals surface area contributed by atoms with Gasteiger partial charge in [-0.15, -0.1) is 0 Å². The van der Waals surface area contributed by atoms with Gasteiger partial charge in [0.2, 0.25) is 0 Å². The summed E-state index contributed by atoms with van der Waals surface area (Å²) in [4.78, 5) is 3.68. The standard InChI is InChI=1S/C21H26N2/c1-14-7-9-17(10-8-14)21-18(6-4-5-11-22)20-16(3)12-15(2)13-19(20)23-21/h7-10,12-13,23H,4-6,11,22H2,1-3H3. The molecule has 0 aliphatic carbocycles. The molecule has 0 saturated carbocycles. The summed E-state index contributed by atoms with van der Waals surface area (Å²) >= 11 is 0. The first-order chi connectivity index (χ1) is 11.1. The minimum absolute atomic E-state index is 0.764. The van der Waals surface area contributed by atoms with Crippen molar-refractivity contribution in [3.63, 3.8) is 0 Å². The number of nitrogens with one attached hydrogen (secondary N) is 1. The molecule has 0 aliphatic rings. The number of benzene rings is 2. The fraction of sp³-hybridized carbons (Fsp3) is 0.333. The van der Waals surface area contributed by atoms with Gasteiger partial charge in [0.25, 0.3) is 0 Å². The second-order valence-electron chi connectivity index (χ2n) is 6.59. The Morgan fingerprint density at radius 1 is 0.913 bits per heavy atom. The van der Waals surface area contributed by atoms with Crippen molar-refractivity contribution in [3.05, 3.63) is 58.7 Å². The van der Waals surface area contributed by atoms with Gasteiger partial charge in [-0.25, -0.2) is 0 Å². The molecule has 2 heteroatoms. The van der Waals surface area contributed by atoms with Gasteiger partial charge in [0.05, 0.1) is 0 Å². The van der Waals surface area contributed by atoms with E-state index in [-0.39, 0.29) is 0 Å². The lowest BCUT2D eigenvalue weighted by Crippen LogP contribution is -1.99. The Morgan fingerprint density at radius 2 is 1.65 bits per heavy atom. The zero-order valence-corrected chi connectivity index (χ0v) is 14.4. The average molecular weight is 306 g/mol. The topological polar surface area (TPSA) is 41.8 Å². The van der Waals surface area contributed by atoms with Crippen molar-refractivity contribution in [2.24, 2.45) is 5.73 Å². The molecule has 0 unspecified atom stereocenters. The summed E-state index contributed by atoms with van der Waals surface area (Å²) in [6, 6.07) is 13.3. The summed E-state index contributed by atoms with van der Waals surface area (Å²) in [5.41, 5.74) is 14.9. The summed E-state index contributed by atoms with van der Waals surface area (Å²) < 4.78 is 0. The van der Waals surface area contributed by atoms with Gasteiger partial charge in [0.1, 0.15) is 0 Å². The molecular weight excluding hydrogens is 280 g/mol. The van der Waals surface area contributed by atoms with Crippen LogP contribution in [-0.2, 0) is 6.42 Å². The molecule has 0 saturated heterocycles. The van der Waals surface area contributed by atoms with Crippen LogP contribution >= 0.6 is 0 Å². The third kappa shape index (κ3) is 3.18. The summed E-state index contributed by atoms with van der Waals surface area (Å²) in [7, 11) is 0. The van der Waals surface area contributed by atoms with Crippen molar-refractivity contribution >= 4 is 10.9 Å². The Morgan fingerprint density at radius 3 is 2.35 bits per heavy atom. The molecule has 0 fully saturated rings. The van der Waals surface area contributed by atoms with Gasteiger partial charge < -0.3 is 10.7 Å². The first kappa shape index (κ1) is 15.8. The number of hydrogen-bond donors (Lipinski definition) is 2. The van der Waals surface area contributed by atoms with E-state index in [1.807, 2.05) is 0 Å². The number of aromatic amines is 1. The second-order valence-corrected chi connectivity index (χ2v) is 6.59. The van der Waals surface area contributed by atoms with Crippen molar-refractivity contribution in [3.8, 4) is 11.3 Å². The lowest BCUT2D eigenvalue weighted by Gasteiger charge is -2.07. The Hall–Kier alpha value is -2.06. The van der Waals surface area contributed by atoms with Crippen LogP contribution in [0.2, 0.25) is 0 Å². The lowest BCUT2D eigenvalue weighted by molar-refractivity contribution is 0.748. The van der Waals surface area contributed by atoms with Crippen LogP contribution in [0.4, 0.5) is 0 Å². The SMILES string of the molecule is Cc1ccc(-c2[nH]c3cc(C)cc(C)c3c2CCCCN)cc1. The van der Waals surface area contributed by atoms with E-state index in [1.165, 1.54) is 44.4 Å². The Kier molecular flexibility index (Phi) is 4.53. The number of hydrogen-bond acceptors (Lipinski definition) is 1. The van der Waals surface area contributed by atoms with Gasteiger partial charge in [-0.3, -0.25) is 0 Å². The number of rotatable bonds is 5. The Balaban J connectivity index is 2.16. The Labute approximate surface area is 138 Å². The van der Waals surface area contributed by atoms with Gasteiger partial charge in [0.15, 0.2) is 0 Å². The predicted molar refractivity (Wildman–Crippen MR) is 99.9 cm³/mol. The van der Waals surface area contributed by atoms with Crippen molar-refractivity contribution in [2.45, 2.75) is 40.0 Å². The molecule has 3 N–H and O–H groups in total. The molecule has 0 bridgehead atoms. The van der Waals surface area contributed by atoms with Crippen LogP contribution in [-0.4, -0.2) is 11.5 Å². The maximum Gasteiger partial charge on any atom is 0.0497 e. The monoisotopic (exact) mass is 306 g/mol. The predicted octanol–water partition coefficient (Wildman–Crippen LogP) is 5.04. The molecule has 3 rings (SSSR count). The van der Waals surface area contributed by atoms with E-state index >= 15 is 0 Å². The third-order valence-electron chi connectivity index (χ3n) is 4.56. The zero-order valence-electron chi connectivity index (χ0n) is 14.4. The quantitative estimate of drug-likeness (QED) is 0.637. The van der Waals surface area contributed by atoms with Crippen molar-refractivity contribution in [1.29, 1.82) is 0 Å². The van der Waals surface area contributed by atoms with Crippen LogP contribution in [0.3, 0.4) is 0 Å². The number of nitrogens with two attached hydrogens (primary N) is 1. The molecular formula is C21H26N2. The highest BCUT2D eigenvalue weighted by atomic mass is 14.7. The molecule has 23 heavy (non-hydrogen) atoms. The third-order valence-corrected chi connectivity index (χ3v) is 4.56. The molecule has 0 amide bonds. The van der Waals surface area contributed by atoms with Crippen LogP contribution in [0.15, 0.2) is 36.4 Å². The molecule has 3 aromatic rings. The minimum atomic E-state index is 0.764. The molecule has 0 atom stereocenters. The first-order valence-electron chi connectivity index (χ1n) is 8.49. The molecule has 0 radical (unpaired) electrons. The molecule has 0 aliphatic heterocycles. The molecule has 1 heterocycles. The van der Waals surface area contributed by atoms with E-state index in [9.17, 15) is 0 Å². The van der Waals surface area contributed by atoms with Gasteiger partial charge in [0, 0.05) is 16.6 Å². The molecule has 2 aromatic carbocycles. The van der Waals surface area contributed by atoms with Crippen LogP contribution in [0.5, 0.6) is 0 Å². The van der Waals surface area contributed by atoms with Crippen molar-refractivity contribution in [2.75, 3.05) is 6.54 Å². The highest BCUT2D eigenvalue weighted by molar-refractivity contribution is 5.93. The maximum atomic E-state index is 5.69. The summed E-state index contributed by atoms with van der Waals surface area (Å²) in [6.45, 7) is 7.27. The largest absolute Gasteiger partial charge is 0.354 e. The van der Waals surface area contributed by atoms with Crippen molar-refractivity contribution in [1.82, 2.24) is 4.98 Å². The van der Waals surface area contributed by atoms with E-state index in [2.05, 4.69) is 62.2 Å². The number of aryl methyl sites for hydroxylation is 4. The normalized spacial score (nSPS) is 11.3. The molecule has 120 valence electrons. The molecule has 2 nitrogen and oxygen atoms in total. The minimum Gasteiger partial charge on any atom is -0.354 e.